The van der Waals surface area contributed by atoms with Gasteiger partial charge in [-0.2, -0.15) is 5.10 Å². The standard InChI is InChI=1S/C30H28ClF3N8O4/c1-29(2,3)14-30(18-6-4-16(10-20(18)32)21-12-35-8-9-36-21)26(44)41(27(40-30)39-28(45)46)23(13-43)17-5-7-19(31)22(11-17)42-25(24(33)34)37-15-38-42/h4-12,15,23-24,43H,13-14H2,1-3H3,(H,39,40)(H,45,46)/t23-,30?/m1/s1. The molecule has 240 valence electrons. The maximum Gasteiger partial charge on any atom is 0.434 e. The minimum atomic E-state index is -3.00. The van der Waals surface area contributed by atoms with Gasteiger partial charge in [-0.05, 0) is 35.6 Å². The molecule has 2 aromatic heterocycles. The predicted molar refractivity (Wildman–Crippen MR) is 160 cm³/mol. The van der Waals surface area contributed by atoms with Crippen LogP contribution in [-0.4, -0.2) is 64.4 Å². The van der Waals surface area contributed by atoms with Crippen molar-refractivity contribution in [3.63, 3.8) is 0 Å². The molecular weight excluding hydrogens is 629 g/mol. The molecule has 0 bridgehead atoms. The topological polar surface area (TPSA) is 159 Å². The molecule has 46 heavy (non-hydrogen) atoms. The number of nitrogens with one attached hydrogen (secondary N) is 1. The normalized spacial score (nSPS) is 18.3. The van der Waals surface area contributed by atoms with Crippen molar-refractivity contribution in [2.45, 2.75) is 45.2 Å². The fourth-order valence-electron chi connectivity index (χ4n) is 5.55. The smallest absolute Gasteiger partial charge is 0.434 e. The van der Waals surface area contributed by atoms with Crippen LogP contribution in [0.15, 0.2) is 66.3 Å². The van der Waals surface area contributed by atoms with Gasteiger partial charge in [-0.15, -0.1) is 4.99 Å². The fourth-order valence-corrected chi connectivity index (χ4v) is 5.75. The third-order valence-corrected chi connectivity index (χ3v) is 7.58. The summed E-state index contributed by atoms with van der Waals surface area (Å²) in [6.45, 7) is 4.69. The third-order valence-electron chi connectivity index (χ3n) is 7.26. The van der Waals surface area contributed by atoms with E-state index in [2.05, 4.69) is 30.4 Å². The Morgan fingerprint density at radius 2 is 1.91 bits per heavy atom. The van der Waals surface area contributed by atoms with Crippen LogP contribution in [0.2, 0.25) is 5.02 Å². The van der Waals surface area contributed by atoms with Gasteiger partial charge >= 0.3 is 6.09 Å². The maximum atomic E-state index is 16.1. The van der Waals surface area contributed by atoms with E-state index >= 15 is 4.39 Å². The molecule has 2 atom stereocenters. The van der Waals surface area contributed by atoms with Gasteiger partial charge in [0.2, 0.25) is 5.96 Å². The van der Waals surface area contributed by atoms with Gasteiger partial charge in [0, 0.05) is 23.5 Å². The number of aliphatic imine (C=N–C) groups is 1. The second-order valence-corrected chi connectivity index (χ2v) is 12.1. The number of carboxylic acid groups (broad SMARTS) is 1. The minimum Gasteiger partial charge on any atom is -0.463 e. The molecule has 0 spiro atoms. The molecule has 2 aromatic carbocycles. The molecule has 0 radical (unpaired) electrons. The average Bonchev–Trinajstić information content (AvgIpc) is 3.58. The molecule has 0 aliphatic carbocycles. The molecular formula is C30H28ClF3N8O4. The zero-order valence-electron chi connectivity index (χ0n) is 24.7. The number of aromatic nitrogens is 5. The van der Waals surface area contributed by atoms with Crippen molar-refractivity contribution in [1.29, 1.82) is 0 Å². The summed E-state index contributed by atoms with van der Waals surface area (Å²) in [6.07, 6.45) is 0.598. The number of halogens is 4. The van der Waals surface area contributed by atoms with Crippen LogP contribution < -0.4 is 5.32 Å². The number of hydrogen-bond donors (Lipinski definition) is 3. The Morgan fingerprint density at radius 1 is 1.15 bits per heavy atom. The van der Waals surface area contributed by atoms with Crippen molar-refractivity contribution < 1.29 is 33.0 Å². The molecule has 1 saturated heterocycles. The SMILES string of the molecule is CC(C)(C)CC1(c2ccc(-c3cnccn3)cc2F)NC(=NC(=O)O)N([C@H](CO)c2ccc(Cl)c(-n3ncnc3C(F)F)c2)C1=O. The fraction of sp³-hybridized carbons (Fsp3) is 0.300. The highest BCUT2D eigenvalue weighted by atomic mass is 35.5. The molecule has 2 amide bonds. The lowest BCUT2D eigenvalue weighted by atomic mass is 9.75. The summed E-state index contributed by atoms with van der Waals surface area (Å²) >= 11 is 6.33. The lowest BCUT2D eigenvalue weighted by Crippen LogP contribution is -2.47. The molecule has 1 unspecified atom stereocenters. The summed E-state index contributed by atoms with van der Waals surface area (Å²) in [7, 11) is 0. The van der Waals surface area contributed by atoms with Crippen molar-refractivity contribution in [1.82, 2.24) is 34.9 Å². The summed E-state index contributed by atoms with van der Waals surface area (Å²) in [6, 6.07) is 6.93. The number of amides is 2. The second-order valence-electron chi connectivity index (χ2n) is 11.7. The first-order valence-electron chi connectivity index (χ1n) is 13.8. The van der Waals surface area contributed by atoms with Crippen LogP contribution in [0.3, 0.4) is 0 Å². The van der Waals surface area contributed by atoms with E-state index in [4.69, 9.17) is 11.6 Å². The summed E-state index contributed by atoms with van der Waals surface area (Å²) < 4.78 is 44.2. The van der Waals surface area contributed by atoms with Crippen molar-refractivity contribution in [2.24, 2.45) is 10.4 Å². The van der Waals surface area contributed by atoms with Crippen LogP contribution in [-0.2, 0) is 10.3 Å². The van der Waals surface area contributed by atoms with Crippen LogP contribution in [0.5, 0.6) is 0 Å². The number of alkyl halides is 2. The van der Waals surface area contributed by atoms with Crippen molar-refractivity contribution in [3.05, 3.63) is 89.1 Å². The molecule has 1 fully saturated rings. The molecule has 3 heterocycles. The Balaban J connectivity index is 1.66. The van der Waals surface area contributed by atoms with Crippen molar-refractivity contribution in [3.8, 4) is 16.9 Å². The molecule has 1 aliphatic rings. The zero-order chi connectivity index (χ0) is 33.4. The van der Waals surface area contributed by atoms with Gasteiger partial charge in [0.05, 0.1) is 35.2 Å². The Hall–Kier alpha value is -4.89. The highest BCUT2D eigenvalue weighted by Crippen LogP contribution is 2.44. The summed E-state index contributed by atoms with van der Waals surface area (Å²) in [5.74, 6) is -2.76. The van der Waals surface area contributed by atoms with E-state index in [9.17, 15) is 28.6 Å². The van der Waals surface area contributed by atoms with E-state index in [1.807, 2.05) is 20.8 Å². The number of aliphatic hydroxyl groups is 1. The predicted octanol–water partition coefficient (Wildman–Crippen LogP) is 5.29. The first kappa shape index (κ1) is 32.5. The molecule has 5 rings (SSSR count). The Morgan fingerprint density at radius 3 is 2.52 bits per heavy atom. The van der Waals surface area contributed by atoms with Crippen LogP contribution >= 0.6 is 11.6 Å². The molecule has 0 saturated carbocycles. The van der Waals surface area contributed by atoms with Gasteiger partial charge < -0.3 is 15.5 Å². The molecule has 3 N–H and O–H groups in total. The second kappa shape index (κ2) is 12.5. The molecule has 1 aliphatic heterocycles. The van der Waals surface area contributed by atoms with Crippen molar-refractivity contribution >= 4 is 29.6 Å². The number of aliphatic hydroxyl groups excluding tert-OH is 1. The highest BCUT2D eigenvalue weighted by molar-refractivity contribution is 6.32. The number of carbonyl (C=O) groups is 2. The largest absolute Gasteiger partial charge is 0.463 e. The van der Waals surface area contributed by atoms with E-state index < -0.39 is 59.6 Å². The third kappa shape index (κ3) is 6.15. The number of hydrogen-bond acceptors (Lipinski definition) is 7. The van der Waals surface area contributed by atoms with Gasteiger partial charge in [0.1, 0.15) is 17.7 Å². The first-order chi connectivity index (χ1) is 21.8. The Kier molecular flexibility index (Phi) is 8.82. The summed E-state index contributed by atoms with van der Waals surface area (Å²) in [5, 5.41) is 27.0. The van der Waals surface area contributed by atoms with Crippen LogP contribution in [0.1, 0.15) is 56.6 Å². The van der Waals surface area contributed by atoms with Gasteiger partial charge in [-0.25, -0.2) is 27.6 Å². The number of carbonyl (C=O) groups excluding carboxylic acids is 1. The molecule has 12 nitrogen and oxygen atoms in total. The van der Waals surface area contributed by atoms with Gasteiger partial charge in [0.25, 0.3) is 12.3 Å². The van der Waals surface area contributed by atoms with Gasteiger partial charge in [-0.1, -0.05) is 50.6 Å². The zero-order valence-corrected chi connectivity index (χ0v) is 25.5. The van der Waals surface area contributed by atoms with Crippen LogP contribution in [0.25, 0.3) is 16.9 Å². The number of guanidine groups is 1. The van der Waals surface area contributed by atoms with Gasteiger partial charge in [-0.3, -0.25) is 19.7 Å². The Labute approximate surface area is 265 Å². The number of rotatable bonds is 8. The monoisotopic (exact) mass is 656 g/mol. The van der Waals surface area contributed by atoms with E-state index in [1.54, 1.807) is 6.07 Å². The lowest BCUT2D eigenvalue weighted by Gasteiger charge is -2.35. The van der Waals surface area contributed by atoms with Crippen LogP contribution in [0.4, 0.5) is 18.0 Å². The quantitative estimate of drug-likeness (QED) is 0.229. The number of nitrogens with zero attached hydrogens (tertiary/aromatic N) is 7. The van der Waals surface area contributed by atoms with Crippen molar-refractivity contribution in [2.75, 3.05) is 6.61 Å². The highest BCUT2D eigenvalue weighted by Gasteiger charge is 2.56. The van der Waals surface area contributed by atoms with E-state index in [-0.39, 0.29) is 28.3 Å². The molecule has 16 heteroatoms. The van der Waals surface area contributed by atoms with E-state index in [1.165, 1.54) is 48.9 Å². The number of benzene rings is 2. The van der Waals surface area contributed by atoms with Gasteiger partial charge in [0.15, 0.2) is 5.82 Å². The Bertz CT molecular complexity index is 1820. The summed E-state index contributed by atoms with van der Waals surface area (Å²) in [5.41, 5.74) is -1.71. The van der Waals surface area contributed by atoms with Crippen LogP contribution in [0, 0.1) is 11.2 Å². The van der Waals surface area contributed by atoms with E-state index in [0.29, 0.717) is 11.3 Å². The minimum absolute atomic E-state index is 0.00508. The van der Waals surface area contributed by atoms with E-state index in [0.717, 1.165) is 15.9 Å². The lowest BCUT2D eigenvalue weighted by molar-refractivity contribution is -0.135. The summed E-state index contributed by atoms with van der Waals surface area (Å²) in [4.78, 5) is 42.8. The molecule has 4 aromatic rings. The maximum absolute atomic E-state index is 16.1. The first-order valence-corrected chi connectivity index (χ1v) is 14.2. The average molecular weight is 657 g/mol.